The predicted octanol–water partition coefficient (Wildman–Crippen LogP) is 2.11. The molecule has 7 heteroatoms. The molecule has 168 valence electrons. The molecule has 1 saturated heterocycles. The van der Waals surface area contributed by atoms with Crippen LogP contribution in [0.15, 0.2) is 29.3 Å². The van der Waals surface area contributed by atoms with E-state index in [4.69, 9.17) is 9.47 Å². The molecule has 2 fully saturated rings. The Kier molecular flexibility index (Phi) is 9.24. The number of aliphatic imine (C=N–C) groups is 1. The SMILES string of the molecule is CN=C(NCCN(CCOC)C1CC1)NCC(c1cccc(OC)c1)N1CCCC1. The van der Waals surface area contributed by atoms with Gasteiger partial charge in [-0.3, -0.25) is 14.8 Å². The van der Waals surface area contributed by atoms with Gasteiger partial charge in [-0.2, -0.15) is 0 Å². The summed E-state index contributed by atoms with van der Waals surface area (Å²) in [5, 5.41) is 7.05. The number of guanidine groups is 1. The second-order valence-electron chi connectivity index (χ2n) is 8.18. The van der Waals surface area contributed by atoms with E-state index in [9.17, 15) is 0 Å². The van der Waals surface area contributed by atoms with Crippen molar-refractivity contribution < 1.29 is 9.47 Å². The van der Waals surface area contributed by atoms with Gasteiger partial charge in [-0.1, -0.05) is 12.1 Å². The summed E-state index contributed by atoms with van der Waals surface area (Å²) in [6.07, 6.45) is 5.17. The second-order valence-corrected chi connectivity index (χ2v) is 8.18. The molecule has 7 nitrogen and oxygen atoms in total. The predicted molar refractivity (Wildman–Crippen MR) is 122 cm³/mol. The van der Waals surface area contributed by atoms with Gasteiger partial charge in [0.15, 0.2) is 5.96 Å². The number of ether oxygens (including phenoxy) is 2. The number of benzene rings is 1. The summed E-state index contributed by atoms with van der Waals surface area (Å²) >= 11 is 0. The van der Waals surface area contributed by atoms with Crippen molar-refractivity contribution in [1.82, 2.24) is 20.4 Å². The van der Waals surface area contributed by atoms with Crippen LogP contribution in [-0.2, 0) is 4.74 Å². The van der Waals surface area contributed by atoms with E-state index in [0.717, 1.165) is 63.6 Å². The van der Waals surface area contributed by atoms with Gasteiger partial charge in [-0.25, -0.2) is 0 Å². The largest absolute Gasteiger partial charge is 0.497 e. The van der Waals surface area contributed by atoms with Gasteiger partial charge in [0.1, 0.15) is 5.75 Å². The summed E-state index contributed by atoms with van der Waals surface area (Å²) in [6, 6.07) is 9.50. The molecular weight excluding hydrogens is 378 g/mol. The van der Waals surface area contributed by atoms with Crippen LogP contribution in [0.2, 0.25) is 0 Å². The average molecular weight is 418 g/mol. The van der Waals surface area contributed by atoms with Crippen LogP contribution in [0.4, 0.5) is 0 Å². The maximum Gasteiger partial charge on any atom is 0.191 e. The third-order valence-corrected chi connectivity index (χ3v) is 6.08. The van der Waals surface area contributed by atoms with Crippen LogP contribution in [0, 0.1) is 0 Å². The first kappa shape index (κ1) is 22.8. The fourth-order valence-corrected chi connectivity index (χ4v) is 4.22. The van der Waals surface area contributed by atoms with E-state index in [1.165, 1.54) is 31.2 Å². The molecule has 0 spiro atoms. The topological polar surface area (TPSA) is 61.4 Å². The van der Waals surface area contributed by atoms with Gasteiger partial charge >= 0.3 is 0 Å². The Hall–Kier alpha value is -1.83. The first-order valence-electron chi connectivity index (χ1n) is 11.3. The fourth-order valence-electron chi connectivity index (χ4n) is 4.22. The highest BCUT2D eigenvalue weighted by molar-refractivity contribution is 5.79. The Morgan fingerprint density at radius 1 is 1.20 bits per heavy atom. The lowest BCUT2D eigenvalue weighted by Crippen LogP contribution is -2.45. The molecule has 2 N–H and O–H groups in total. The van der Waals surface area contributed by atoms with Gasteiger partial charge in [-0.15, -0.1) is 0 Å². The highest BCUT2D eigenvalue weighted by atomic mass is 16.5. The van der Waals surface area contributed by atoms with Crippen LogP contribution in [0.1, 0.15) is 37.3 Å². The molecule has 1 aliphatic carbocycles. The van der Waals surface area contributed by atoms with Crippen LogP contribution < -0.4 is 15.4 Å². The molecule has 1 aromatic rings. The number of hydrogen-bond donors (Lipinski definition) is 2. The number of likely N-dealkylation sites (tertiary alicyclic amines) is 1. The second kappa shape index (κ2) is 12.1. The smallest absolute Gasteiger partial charge is 0.191 e. The minimum atomic E-state index is 0.311. The number of rotatable bonds is 12. The zero-order valence-corrected chi connectivity index (χ0v) is 18.9. The Balaban J connectivity index is 1.52. The molecule has 1 aromatic carbocycles. The maximum absolute atomic E-state index is 5.45. The van der Waals surface area contributed by atoms with Crippen molar-refractivity contribution in [3.63, 3.8) is 0 Å². The summed E-state index contributed by atoms with van der Waals surface area (Å²) in [5.74, 6) is 1.78. The van der Waals surface area contributed by atoms with E-state index in [1.807, 2.05) is 13.1 Å². The molecule has 1 heterocycles. The lowest BCUT2D eigenvalue weighted by molar-refractivity contribution is 0.144. The van der Waals surface area contributed by atoms with Crippen molar-refractivity contribution >= 4 is 5.96 Å². The normalized spacial score (nSPS) is 18.6. The van der Waals surface area contributed by atoms with Crippen LogP contribution >= 0.6 is 0 Å². The van der Waals surface area contributed by atoms with Crippen LogP contribution in [0.5, 0.6) is 5.75 Å². The lowest BCUT2D eigenvalue weighted by Gasteiger charge is -2.29. The van der Waals surface area contributed by atoms with Crippen molar-refractivity contribution in [2.24, 2.45) is 4.99 Å². The van der Waals surface area contributed by atoms with Crippen molar-refractivity contribution in [2.45, 2.75) is 37.8 Å². The van der Waals surface area contributed by atoms with Crippen LogP contribution in [-0.4, -0.2) is 88.9 Å². The quantitative estimate of drug-likeness (QED) is 0.401. The van der Waals surface area contributed by atoms with E-state index in [-0.39, 0.29) is 0 Å². The molecule has 1 aliphatic heterocycles. The monoisotopic (exact) mass is 417 g/mol. The minimum Gasteiger partial charge on any atom is -0.497 e. The average Bonchev–Trinajstić information content (AvgIpc) is 3.49. The molecule has 0 radical (unpaired) electrons. The lowest BCUT2D eigenvalue weighted by atomic mass is 10.1. The molecule has 1 atom stereocenters. The molecule has 1 unspecified atom stereocenters. The van der Waals surface area contributed by atoms with E-state index >= 15 is 0 Å². The summed E-state index contributed by atoms with van der Waals surface area (Å²) in [6.45, 7) is 6.80. The summed E-state index contributed by atoms with van der Waals surface area (Å²) in [5.41, 5.74) is 1.29. The number of methoxy groups -OCH3 is 2. The Bertz CT molecular complexity index is 659. The highest BCUT2D eigenvalue weighted by Gasteiger charge is 2.28. The van der Waals surface area contributed by atoms with Crippen LogP contribution in [0.3, 0.4) is 0 Å². The van der Waals surface area contributed by atoms with Gasteiger partial charge in [0.25, 0.3) is 0 Å². The minimum absolute atomic E-state index is 0.311. The van der Waals surface area contributed by atoms with Gasteiger partial charge in [0.05, 0.1) is 19.8 Å². The standard InChI is InChI=1S/C23H39N5O2/c1-24-23(25-11-14-27(15-16-29-2)20-9-10-20)26-18-22(28-12-4-5-13-28)19-7-6-8-21(17-19)30-3/h6-8,17,20,22H,4-5,9-16,18H2,1-3H3,(H2,24,25,26). The zero-order valence-electron chi connectivity index (χ0n) is 18.9. The Labute approximate surface area is 181 Å². The van der Waals surface area contributed by atoms with Gasteiger partial charge in [-0.05, 0) is 56.5 Å². The van der Waals surface area contributed by atoms with Crippen molar-refractivity contribution in [3.8, 4) is 5.75 Å². The first-order valence-corrected chi connectivity index (χ1v) is 11.3. The Morgan fingerprint density at radius 2 is 2.00 bits per heavy atom. The maximum atomic E-state index is 5.45. The molecule has 2 aliphatic rings. The first-order chi connectivity index (χ1) is 14.7. The van der Waals surface area contributed by atoms with E-state index < -0.39 is 0 Å². The molecule has 0 amide bonds. The third-order valence-electron chi connectivity index (χ3n) is 6.08. The third kappa shape index (κ3) is 6.86. The van der Waals surface area contributed by atoms with E-state index in [2.05, 4.69) is 43.6 Å². The molecule has 0 aromatic heterocycles. The summed E-state index contributed by atoms with van der Waals surface area (Å²) < 4.78 is 10.7. The summed E-state index contributed by atoms with van der Waals surface area (Å²) in [7, 11) is 5.34. The number of nitrogens with zero attached hydrogens (tertiary/aromatic N) is 3. The highest BCUT2D eigenvalue weighted by Crippen LogP contribution is 2.27. The van der Waals surface area contributed by atoms with Gasteiger partial charge in [0, 0.05) is 46.4 Å². The summed E-state index contributed by atoms with van der Waals surface area (Å²) in [4.78, 5) is 9.53. The van der Waals surface area contributed by atoms with Crippen molar-refractivity contribution in [3.05, 3.63) is 29.8 Å². The molecule has 1 saturated carbocycles. The van der Waals surface area contributed by atoms with E-state index in [1.54, 1.807) is 14.2 Å². The molecular formula is C23H39N5O2. The number of hydrogen-bond acceptors (Lipinski definition) is 5. The van der Waals surface area contributed by atoms with Crippen molar-refractivity contribution in [2.75, 3.05) is 67.1 Å². The van der Waals surface area contributed by atoms with Gasteiger partial charge in [0.2, 0.25) is 0 Å². The molecule has 0 bridgehead atoms. The van der Waals surface area contributed by atoms with Crippen LogP contribution in [0.25, 0.3) is 0 Å². The molecule has 30 heavy (non-hydrogen) atoms. The number of nitrogens with one attached hydrogen (secondary N) is 2. The zero-order chi connectivity index (χ0) is 21.2. The molecule has 3 rings (SSSR count). The fraction of sp³-hybridized carbons (Fsp3) is 0.696. The van der Waals surface area contributed by atoms with Gasteiger partial charge < -0.3 is 20.1 Å². The van der Waals surface area contributed by atoms with Crippen molar-refractivity contribution in [1.29, 1.82) is 0 Å². The Morgan fingerprint density at radius 3 is 2.67 bits per heavy atom. The van der Waals surface area contributed by atoms with E-state index in [0.29, 0.717) is 6.04 Å².